The van der Waals surface area contributed by atoms with Crippen molar-refractivity contribution in [3.8, 4) is 11.5 Å². The van der Waals surface area contributed by atoms with Gasteiger partial charge in [-0.25, -0.2) is 4.98 Å². The third-order valence-electron chi connectivity index (χ3n) is 5.67. The van der Waals surface area contributed by atoms with Crippen molar-refractivity contribution in [2.75, 3.05) is 18.0 Å². The lowest BCUT2D eigenvalue weighted by molar-refractivity contribution is -0.137. The van der Waals surface area contributed by atoms with Crippen molar-refractivity contribution in [1.82, 2.24) is 15.0 Å². The van der Waals surface area contributed by atoms with E-state index in [9.17, 15) is 23.1 Å². The van der Waals surface area contributed by atoms with E-state index < -0.39 is 23.1 Å². The van der Waals surface area contributed by atoms with Crippen molar-refractivity contribution in [3.05, 3.63) is 71.4 Å². The maximum absolute atomic E-state index is 13.3. The number of ketones is 1. The summed E-state index contributed by atoms with van der Waals surface area (Å²) in [6.45, 7) is 1.35. The lowest BCUT2D eigenvalue weighted by Gasteiger charge is -2.17. The molecule has 1 unspecified atom stereocenters. The minimum Gasteiger partial charge on any atom is -0.391 e. The summed E-state index contributed by atoms with van der Waals surface area (Å²) >= 11 is 0. The largest absolute Gasteiger partial charge is 0.417 e. The van der Waals surface area contributed by atoms with Gasteiger partial charge in [0.15, 0.2) is 11.6 Å². The lowest BCUT2D eigenvalue weighted by atomic mass is 9.99. The Bertz CT molecular complexity index is 1310. The molecule has 0 saturated carbocycles. The van der Waals surface area contributed by atoms with Crippen LogP contribution < -0.4 is 4.90 Å². The van der Waals surface area contributed by atoms with Crippen LogP contribution in [-0.4, -0.2) is 45.0 Å². The van der Waals surface area contributed by atoms with E-state index in [2.05, 4.69) is 19.9 Å². The van der Waals surface area contributed by atoms with Gasteiger partial charge in [0.25, 0.3) is 0 Å². The molecule has 1 atom stereocenters. The summed E-state index contributed by atoms with van der Waals surface area (Å²) in [7, 11) is 0. The summed E-state index contributed by atoms with van der Waals surface area (Å²) in [6, 6.07) is 12.0. The van der Waals surface area contributed by atoms with E-state index in [1.807, 2.05) is 18.2 Å². The number of β-amino-alcohol motifs (C(OH)–C–C–N with tert-alkyl or cyclic N) is 1. The van der Waals surface area contributed by atoms with Gasteiger partial charge in [-0.1, -0.05) is 18.2 Å². The first-order chi connectivity index (χ1) is 15.3. The van der Waals surface area contributed by atoms with E-state index in [4.69, 9.17) is 0 Å². The molecular weight excluding hydrogens is 421 g/mol. The first-order valence-corrected chi connectivity index (χ1v) is 10.1. The predicted octanol–water partition coefficient (Wildman–Crippen LogP) is 4.38. The van der Waals surface area contributed by atoms with E-state index in [0.29, 0.717) is 23.6 Å². The standard InChI is InChI=1S/C23H19F3N4O2/c24-23(25,26)17-4-2-1-3-16(17)21(32)13-9-20(27-11-13)22-28-18-6-5-14(10-19(18)29-22)30-8-7-15(31)12-30/h1-6,9-11,15,27,31H,7-8,12H2,(H,28,29). The van der Waals surface area contributed by atoms with E-state index in [1.165, 1.54) is 30.5 Å². The summed E-state index contributed by atoms with van der Waals surface area (Å²) in [5, 5.41) is 9.76. The number of H-pyrrole nitrogens is 2. The maximum atomic E-state index is 13.3. The van der Waals surface area contributed by atoms with Crippen molar-refractivity contribution in [3.63, 3.8) is 0 Å². The third-order valence-corrected chi connectivity index (χ3v) is 5.67. The molecule has 6 nitrogen and oxygen atoms in total. The van der Waals surface area contributed by atoms with Gasteiger partial charge in [-0.15, -0.1) is 0 Å². The number of carbonyl (C=O) groups is 1. The number of anilines is 1. The van der Waals surface area contributed by atoms with Crippen LogP contribution in [0.5, 0.6) is 0 Å². The number of imidazole rings is 1. The molecule has 164 valence electrons. The highest BCUT2D eigenvalue weighted by atomic mass is 19.4. The van der Waals surface area contributed by atoms with E-state index in [0.717, 1.165) is 30.2 Å². The molecule has 5 rings (SSSR count). The molecule has 32 heavy (non-hydrogen) atoms. The van der Waals surface area contributed by atoms with Gasteiger partial charge in [0, 0.05) is 36.1 Å². The Balaban J connectivity index is 1.44. The zero-order valence-electron chi connectivity index (χ0n) is 16.8. The monoisotopic (exact) mass is 440 g/mol. The molecule has 1 aliphatic heterocycles. The number of hydrogen-bond donors (Lipinski definition) is 3. The highest BCUT2D eigenvalue weighted by Crippen LogP contribution is 2.33. The van der Waals surface area contributed by atoms with Gasteiger partial charge >= 0.3 is 6.18 Å². The van der Waals surface area contributed by atoms with Crippen molar-refractivity contribution in [2.45, 2.75) is 18.7 Å². The van der Waals surface area contributed by atoms with Crippen LogP contribution in [0, 0.1) is 0 Å². The Morgan fingerprint density at radius 3 is 2.72 bits per heavy atom. The average molecular weight is 440 g/mol. The number of nitrogens with zero attached hydrogens (tertiary/aromatic N) is 2. The summed E-state index contributed by atoms with van der Waals surface area (Å²) in [5.41, 5.74) is 1.72. The molecule has 0 radical (unpaired) electrons. The van der Waals surface area contributed by atoms with Crippen molar-refractivity contribution >= 4 is 22.5 Å². The highest BCUT2D eigenvalue weighted by Gasteiger charge is 2.35. The fraction of sp³-hybridized carbons (Fsp3) is 0.217. The topological polar surface area (TPSA) is 85.0 Å². The predicted molar refractivity (Wildman–Crippen MR) is 114 cm³/mol. The summed E-state index contributed by atoms with van der Waals surface area (Å²) in [6.07, 6.45) is -2.84. The minimum absolute atomic E-state index is 0.115. The van der Waals surface area contributed by atoms with Crippen LogP contribution in [0.25, 0.3) is 22.6 Å². The quantitative estimate of drug-likeness (QED) is 0.411. The molecule has 9 heteroatoms. The number of benzene rings is 2. The average Bonchev–Trinajstić information content (AvgIpc) is 3.51. The number of alkyl halides is 3. The van der Waals surface area contributed by atoms with Crippen LogP contribution >= 0.6 is 0 Å². The number of hydrogen-bond acceptors (Lipinski definition) is 4. The normalized spacial score (nSPS) is 16.8. The second-order valence-electron chi connectivity index (χ2n) is 7.85. The van der Waals surface area contributed by atoms with E-state index in [-0.39, 0.29) is 11.7 Å². The van der Waals surface area contributed by atoms with Crippen LogP contribution in [0.15, 0.2) is 54.7 Å². The number of aliphatic hydroxyl groups excluding tert-OH is 1. The second-order valence-corrected chi connectivity index (χ2v) is 7.85. The fourth-order valence-electron chi connectivity index (χ4n) is 4.04. The number of aliphatic hydroxyl groups is 1. The van der Waals surface area contributed by atoms with Gasteiger partial charge in [0.1, 0.15) is 0 Å². The van der Waals surface area contributed by atoms with Crippen molar-refractivity contribution in [2.24, 2.45) is 0 Å². The number of rotatable bonds is 4. The molecule has 2 aromatic carbocycles. The van der Waals surface area contributed by atoms with Gasteiger partial charge < -0.3 is 20.0 Å². The van der Waals surface area contributed by atoms with Crippen LogP contribution in [0.2, 0.25) is 0 Å². The SMILES string of the molecule is O=C(c1c[nH]c(-c2nc3ccc(N4CCC(O)C4)cc3[nH]2)c1)c1ccccc1C(F)(F)F. The molecule has 0 bridgehead atoms. The van der Waals surface area contributed by atoms with Crippen LogP contribution in [0.1, 0.15) is 27.9 Å². The summed E-state index contributed by atoms with van der Waals surface area (Å²) in [5.74, 6) is -0.242. The zero-order chi connectivity index (χ0) is 22.5. The Labute approximate surface area is 180 Å². The molecule has 1 fully saturated rings. The maximum Gasteiger partial charge on any atom is 0.417 e. The summed E-state index contributed by atoms with van der Waals surface area (Å²) in [4.78, 5) is 25.5. The van der Waals surface area contributed by atoms with Gasteiger partial charge in [0.05, 0.1) is 28.4 Å². The van der Waals surface area contributed by atoms with E-state index in [1.54, 1.807) is 0 Å². The Morgan fingerprint density at radius 1 is 1.16 bits per heavy atom. The molecule has 0 aliphatic carbocycles. The number of carbonyl (C=O) groups excluding carboxylic acids is 1. The minimum atomic E-state index is -4.62. The molecule has 3 heterocycles. The number of aromatic amines is 2. The van der Waals surface area contributed by atoms with Crippen molar-refractivity contribution < 1.29 is 23.1 Å². The fourth-order valence-corrected chi connectivity index (χ4v) is 4.04. The smallest absolute Gasteiger partial charge is 0.391 e. The number of aromatic nitrogens is 3. The zero-order valence-corrected chi connectivity index (χ0v) is 16.8. The second kappa shape index (κ2) is 7.52. The Morgan fingerprint density at radius 2 is 1.97 bits per heavy atom. The molecule has 4 aromatic rings. The number of halogens is 3. The van der Waals surface area contributed by atoms with E-state index >= 15 is 0 Å². The molecule has 1 aliphatic rings. The van der Waals surface area contributed by atoms with Crippen LogP contribution in [0.4, 0.5) is 18.9 Å². The van der Waals surface area contributed by atoms with Crippen molar-refractivity contribution in [1.29, 1.82) is 0 Å². The summed E-state index contributed by atoms with van der Waals surface area (Å²) < 4.78 is 39.9. The van der Waals surface area contributed by atoms with Gasteiger partial charge in [-0.3, -0.25) is 4.79 Å². The Kier molecular flexibility index (Phi) is 4.78. The first-order valence-electron chi connectivity index (χ1n) is 10.1. The van der Waals surface area contributed by atoms with Gasteiger partial charge in [-0.2, -0.15) is 13.2 Å². The molecule has 2 aromatic heterocycles. The Hall–Kier alpha value is -3.59. The lowest BCUT2D eigenvalue weighted by Crippen LogP contribution is -2.20. The number of nitrogens with one attached hydrogen (secondary N) is 2. The van der Waals surface area contributed by atoms with Crippen LogP contribution in [0.3, 0.4) is 0 Å². The first kappa shape index (κ1) is 20.3. The van der Waals surface area contributed by atoms with Crippen LogP contribution in [-0.2, 0) is 6.18 Å². The molecule has 0 amide bonds. The molecule has 1 saturated heterocycles. The highest BCUT2D eigenvalue weighted by molar-refractivity contribution is 6.10. The third kappa shape index (κ3) is 3.64. The molecule has 3 N–H and O–H groups in total. The number of fused-ring (bicyclic) bond motifs is 1. The van der Waals surface area contributed by atoms with Gasteiger partial charge in [-0.05, 0) is 36.8 Å². The molecule has 0 spiro atoms. The molecular formula is C23H19F3N4O2. The van der Waals surface area contributed by atoms with Gasteiger partial charge in [0.2, 0.25) is 0 Å².